The average Bonchev–Trinajstić information content (AvgIpc) is 3.27. The van der Waals surface area contributed by atoms with Crippen LogP contribution in [0.25, 0.3) is 10.8 Å². The van der Waals surface area contributed by atoms with Crippen molar-refractivity contribution in [3.63, 3.8) is 0 Å². The van der Waals surface area contributed by atoms with E-state index in [1.165, 1.54) is 0 Å². The van der Waals surface area contributed by atoms with Crippen molar-refractivity contribution in [3.05, 3.63) is 23.4 Å². The fraction of sp³-hybridized carbons (Fsp3) is 0.588. The van der Waals surface area contributed by atoms with E-state index in [4.69, 9.17) is 4.42 Å². The molecule has 3 rings (SSSR count). The van der Waals surface area contributed by atoms with E-state index in [2.05, 4.69) is 24.0 Å². The Kier molecular flexibility index (Phi) is 5.10. The van der Waals surface area contributed by atoms with Crippen LogP contribution in [0.4, 0.5) is 0 Å². The van der Waals surface area contributed by atoms with Crippen molar-refractivity contribution in [1.82, 2.24) is 15.1 Å². The lowest BCUT2D eigenvalue weighted by molar-refractivity contribution is -0.137. The van der Waals surface area contributed by atoms with Crippen LogP contribution in [0.1, 0.15) is 51.3 Å². The number of hydrogen-bond acceptors (Lipinski definition) is 5. The second-order valence-corrected chi connectivity index (χ2v) is 7.01. The first-order valence-corrected chi connectivity index (χ1v) is 9.27. The minimum Gasteiger partial charge on any atom is -0.420 e. The van der Waals surface area contributed by atoms with Crippen molar-refractivity contribution in [2.24, 2.45) is 5.92 Å². The highest BCUT2D eigenvalue weighted by Gasteiger charge is 2.30. The Bertz CT molecular complexity index is 634. The Morgan fingerprint density at radius 2 is 2.26 bits per heavy atom. The van der Waals surface area contributed by atoms with Gasteiger partial charge in [0, 0.05) is 19.0 Å². The molecule has 0 spiro atoms. The Balaban J connectivity index is 1.70. The lowest BCUT2D eigenvalue weighted by Gasteiger charge is -2.33. The van der Waals surface area contributed by atoms with Crippen molar-refractivity contribution in [2.45, 2.75) is 45.4 Å². The van der Waals surface area contributed by atoms with E-state index in [1.54, 1.807) is 11.3 Å². The number of carbonyl (C=O) groups is 1. The second kappa shape index (κ2) is 7.25. The number of piperidine rings is 1. The van der Waals surface area contributed by atoms with Gasteiger partial charge in [0.05, 0.1) is 10.8 Å². The lowest BCUT2D eigenvalue weighted by atomic mass is 9.95. The summed E-state index contributed by atoms with van der Waals surface area (Å²) >= 11 is 1.59. The van der Waals surface area contributed by atoms with Gasteiger partial charge in [-0.3, -0.25) is 4.79 Å². The lowest BCUT2D eigenvalue weighted by Crippen LogP contribution is -2.42. The van der Waals surface area contributed by atoms with Crippen LogP contribution in [0.2, 0.25) is 0 Å². The first kappa shape index (κ1) is 16.2. The van der Waals surface area contributed by atoms with Gasteiger partial charge in [-0.05, 0) is 37.1 Å². The molecule has 5 nitrogen and oxygen atoms in total. The molecule has 2 aromatic heterocycles. The van der Waals surface area contributed by atoms with Crippen LogP contribution in [0.5, 0.6) is 0 Å². The highest BCUT2D eigenvalue weighted by atomic mass is 32.1. The number of nitrogens with zero attached hydrogens (tertiary/aromatic N) is 3. The van der Waals surface area contributed by atoms with Gasteiger partial charge < -0.3 is 9.32 Å². The summed E-state index contributed by atoms with van der Waals surface area (Å²) in [7, 11) is 0. The summed E-state index contributed by atoms with van der Waals surface area (Å²) in [6.07, 6.45) is 3.80. The number of likely N-dealkylation sites (tertiary alicyclic amines) is 1. The maximum atomic E-state index is 12.6. The predicted octanol–water partition coefficient (Wildman–Crippen LogP) is 3.94. The number of thiophene rings is 1. The maximum absolute atomic E-state index is 12.6. The molecule has 124 valence electrons. The summed E-state index contributed by atoms with van der Waals surface area (Å²) in [5.74, 6) is 1.81. The monoisotopic (exact) mass is 333 g/mol. The molecule has 1 aliphatic rings. The largest absolute Gasteiger partial charge is 0.420 e. The van der Waals surface area contributed by atoms with Gasteiger partial charge in [-0.15, -0.1) is 21.5 Å². The Morgan fingerprint density at radius 3 is 2.96 bits per heavy atom. The highest BCUT2D eigenvalue weighted by molar-refractivity contribution is 7.13. The van der Waals surface area contributed by atoms with Crippen molar-refractivity contribution < 1.29 is 9.21 Å². The first-order valence-electron chi connectivity index (χ1n) is 8.39. The molecule has 0 bridgehead atoms. The third kappa shape index (κ3) is 3.47. The molecule has 1 unspecified atom stereocenters. The Hall–Kier alpha value is -1.69. The van der Waals surface area contributed by atoms with Crippen LogP contribution >= 0.6 is 11.3 Å². The van der Waals surface area contributed by atoms with Gasteiger partial charge in [0.15, 0.2) is 0 Å². The van der Waals surface area contributed by atoms with E-state index >= 15 is 0 Å². The van der Waals surface area contributed by atoms with E-state index in [9.17, 15) is 4.79 Å². The quantitative estimate of drug-likeness (QED) is 0.831. The zero-order chi connectivity index (χ0) is 16.2. The summed E-state index contributed by atoms with van der Waals surface area (Å²) < 4.78 is 5.86. The van der Waals surface area contributed by atoms with Crippen molar-refractivity contribution >= 4 is 17.2 Å². The maximum Gasteiger partial charge on any atom is 0.257 e. The van der Waals surface area contributed by atoms with Crippen LogP contribution in [0.3, 0.4) is 0 Å². The molecule has 0 aromatic carbocycles. The smallest absolute Gasteiger partial charge is 0.257 e. The first-order chi connectivity index (χ1) is 11.2. The molecule has 6 heteroatoms. The SMILES string of the molecule is CCC(CC)C(=O)N1CCCC(c2nnc(-c3cccs3)o2)C1. The molecule has 1 amide bonds. The average molecular weight is 333 g/mol. The minimum atomic E-state index is 0.137. The molecular formula is C17H23N3O2S. The number of hydrogen-bond donors (Lipinski definition) is 0. The van der Waals surface area contributed by atoms with Crippen molar-refractivity contribution in [1.29, 1.82) is 0 Å². The van der Waals surface area contributed by atoms with Crippen LogP contribution < -0.4 is 0 Å². The van der Waals surface area contributed by atoms with Crippen LogP contribution in [-0.2, 0) is 4.79 Å². The molecular weight excluding hydrogens is 310 g/mol. The molecule has 0 radical (unpaired) electrons. The topological polar surface area (TPSA) is 59.2 Å². The summed E-state index contributed by atoms with van der Waals surface area (Å²) in [6, 6.07) is 3.95. The van der Waals surface area contributed by atoms with E-state index in [0.29, 0.717) is 18.3 Å². The van der Waals surface area contributed by atoms with Crippen molar-refractivity contribution in [3.8, 4) is 10.8 Å². The van der Waals surface area contributed by atoms with E-state index in [-0.39, 0.29) is 17.7 Å². The van der Waals surface area contributed by atoms with Gasteiger partial charge in [-0.2, -0.15) is 0 Å². The van der Waals surface area contributed by atoms with Gasteiger partial charge in [-0.1, -0.05) is 19.9 Å². The van der Waals surface area contributed by atoms with E-state index in [0.717, 1.165) is 37.1 Å². The Morgan fingerprint density at radius 1 is 1.43 bits per heavy atom. The number of amides is 1. The number of carbonyl (C=O) groups excluding carboxylic acids is 1. The second-order valence-electron chi connectivity index (χ2n) is 6.06. The van der Waals surface area contributed by atoms with Crippen LogP contribution in [0, 0.1) is 5.92 Å². The zero-order valence-electron chi connectivity index (χ0n) is 13.7. The minimum absolute atomic E-state index is 0.137. The van der Waals surface area contributed by atoms with Gasteiger partial charge in [0.25, 0.3) is 5.89 Å². The molecule has 0 aliphatic carbocycles. The van der Waals surface area contributed by atoms with E-state index in [1.807, 2.05) is 22.4 Å². The van der Waals surface area contributed by atoms with Gasteiger partial charge in [0.1, 0.15) is 0 Å². The number of rotatable bonds is 5. The predicted molar refractivity (Wildman–Crippen MR) is 90.2 cm³/mol. The summed E-state index contributed by atoms with van der Waals surface area (Å²) in [5, 5.41) is 10.4. The molecule has 1 atom stereocenters. The third-order valence-electron chi connectivity index (χ3n) is 4.59. The summed E-state index contributed by atoms with van der Waals surface area (Å²) in [6.45, 7) is 5.71. The molecule has 1 aliphatic heterocycles. The highest BCUT2D eigenvalue weighted by Crippen LogP contribution is 2.30. The third-order valence-corrected chi connectivity index (χ3v) is 5.45. The molecule has 3 heterocycles. The Labute approximate surface area is 140 Å². The normalized spacial score (nSPS) is 18.6. The molecule has 0 saturated carbocycles. The van der Waals surface area contributed by atoms with Crippen LogP contribution in [-0.4, -0.2) is 34.1 Å². The molecule has 0 N–H and O–H groups in total. The van der Waals surface area contributed by atoms with Crippen molar-refractivity contribution in [2.75, 3.05) is 13.1 Å². The van der Waals surface area contributed by atoms with Crippen LogP contribution in [0.15, 0.2) is 21.9 Å². The summed E-state index contributed by atoms with van der Waals surface area (Å²) in [4.78, 5) is 15.6. The van der Waals surface area contributed by atoms with Gasteiger partial charge >= 0.3 is 0 Å². The number of aromatic nitrogens is 2. The zero-order valence-corrected chi connectivity index (χ0v) is 14.5. The summed E-state index contributed by atoms with van der Waals surface area (Å²) in [5.41, 5.74) is 0. The standard InChI is InChI=1S/C17H23N3O2S/c1-3-12(4-2)17(21)20-9-5-7-13(11-20)15-18-19-16(22-15)14-8-6-10-23-14/h6,8,10,12-13H,3-5,7,9,11H2,1-2H3. The molecule has 1 fully saturated rings. The molecule has 2 aromatic rings. The molecule has 23 heavy (non-hydrogen) atoms. The van der Waals surface area contributed by atoms with Gasteiger partial charge in [-0.25, -0.2) is 0 Å². The fourth-order valence-corrected chi connectivity index (χ4v) is 3.82. The fourth-order valence-electron chi connectivity index (χ4n) is 3.17. The van der Waals surface area contributed by atoms with Gasteiger partial charge in [0.2, 0.25) is 11.8 Å². The molecule has 1 saturated heterocycles. The van der Waals surface area contributed by atoms with E-state index < -0.39 is 0 Å².